The molecule has 0 spiro atoms. The van der Waals surface area contributed by atoms with Gasteiger partial charge in [-0.15, -0.1) is 10.2 Å². The van der Waals surface area contributed by atoms with Crippen molar-refractivity contribution in [1.29, 1.82) is 0 Å². The number of hydrogen-bond donors (Lipinski definition) is 0. The summed E-state index contributed by atoms with van der Waals surface area (Å²) >= 11 is 0. The third-order valence-corrected chi connectivity index (χ3v) is 5.48. The minimum Gasteiger partial charge on any atom is -0.373 e. The molecule has 1 fully saturated rings. The molecule has 2 aromatic rings. The van der Waals surface area contributed by atoms with Crippen molar-refractivity contribution in [2.75, 3.05) is 13.2 Å². The van der Waals surface area contributed by atoms with E-state index in [-0.39, 0.29) is 11.9 Å². The predicted octanol–water partition coefficient (Wildman–Crippen LogP) is 2.08. The van der Waals surface area contributed by atoms with Crippen LogP contribution in [-0.4, -0.2) is 49.7 Å². The van der Waals surface area contributed by atoms with Gasteiger partial charge in [-0.05, 0) is 37.8 Å². The molecule has 3 heterocycles. The molecule has 138 valence electrons. The summed E-state index contributed by atoms with van der Waals surface area (Å²) in [6, 6.07) is 3.60. The Kier molecular flexibility index (Phi) is 4.97. The molecule has 1 aliphatic carbocycles. The molecule has 1 atom stereocenters. The molecular formula is C19H25N5O2. The number of carbonyl (C=O) groups excluding carboxylic acids is 1. The number of fused-ring (bicyclic) bond motifs is 1. The number of carbonyl (C=O) groups is 1. The Hall–Kier alpha value is -2.28. The van der Waals surface area contributed by atoms with Crippen LogP contribution in [0.5, 0.6) is 0 Å². The zero-order valence-corrected chi connectivity index (χ0v) is 15.2. The molecule has 2 aliphatic rings. The second-order valence-corrected chi connectivity index (χ2v) is 7.28. The summed E-state index contributed by atoms with van der Waals surface area (Å²) in [5, 5.41) is 8.67. The number of ether oxygens (including phenoxy) is 1. The standard InChI is InChI=1S/C19H25N5O2/c1-14-11-17-21-22-18(13-26-12-15-3-2-4-15)24(17)10-9-23(14)19(25)16-5-7-20-8-6-16/h5-8,14-15H,2-4,9-13H2,1H3. The van der Waals surface area contributed by atoms with E-state index < -0.39 is 0 Å². The summed E-state index contributed by atoms with van der Waals surface area (Å²) in [4.78, 5) is 18.7. The lowest BCUT2D eigenvalue weighted by molar-refractivity contribution is 0.0540. The molecule has 7 heteroatoms. The van der Waals surface area contributed by atoms with E-state index in [0.717, 1.165) is 24.2 Å². The molecule has 26 heavy (non-hydrogen) atoms. The summed E-state index contributed by atoms with van der Waals surface area (Å²) in [6.45, 7) is 4.71. The highest BCUT2D eigenvalue weighted by molar-refractivity contribution is 5.94. The maximum atomic E-state index is 12.8. The highest BCUT2D eigenvalue weighted by atomic mass is 16.5. The van der Waals surface area contributed by atoms with Gasteiger partial charge < -0.3 is 14.2 Å². The van der Waals surface area contributed by atoms with Gasteiger partial charge in [0.25, 0.3) is 5.91 Å². The molecule has 1 amide bonds. The second-order valence-electron chi connectivity index (χ2n) is 7.28. The zero-order valence-electron chi connectivity index (χ0n) is 15.2. The molecule has 0 N–H and O–H groups in total. The Morgan fingerprint density at radius 1 is 1.23 bits per heavy atom. The van der Waals surface area contributed by atoms with E-state index in [0.29, 0.717) is 31.7 Å². The Labute approximate surface area is 153 Å². The number of hydrogen-bond acceptors (Lipinski definition) is 5. The second kappa shape index (κ2) is 7.53. The molecule has 1 aliphatic heterocycles. The van der Waals surface area contributed by atoms with Crippen molar-refractivity contribution in [3.05, 3.63) is 41.7 Å². The van der Waals surface area contributed by atoms with Gasteiger partial charge >= 0.3 is 0 Å². The molecule has 2 aromatic heterocycles. The summed E-state index contributed by atoms with van der Waals surface area (Å²) in [5.41, 5.74) is 0.675. The lowest BCUT2D eigenvalue weighted by atomic mass is 9.86. The van der Waals surface area contributed by atoms with Crippen LogP contribution in [0.2, 0.25) is 0 Å². The molecule has 0 saturated heterocycles. The van der Waals surface area contributed by atoms with Crippen LogP contribution in [-0.2, 0) is 24.3 Å². The van der Waals surface area contributed by atoms with Gasteiger partial charge in [0.1, 0.15) is 12.4 Å². The topological polar surface area (TPSA) is 73.1 Å². The Morgan fingerprint density at radius 3 is 2.77 bits per heavy atom. The first-order valence-corrected chi connectivity index (χ1v) is 9.42. The van der Waals surface area contributed by atoms with Crippen LogP contribution in [0.3, 0.4) is 0 Å². The SMILES string of the molecule is CC1Cc2nnc(COCC3CCC3)n2CCN1C(=O)c1ccncc1. The van der Waals surface area contributed by atoms with E-state index in [1.165, 1.54) is 19.3 Å². The molecule has 4 rings (SSSR count). The fourth-order valence-electron chi connectivity index (χ4n) is 3.63. The number of aromatic nitrogens is 4. The van der Waals surface area contributed by atoms with Crippen molar-refractivity contribution in [2.24, 2.45) is 5.92 Å². The van der Waals surface area contributed by atoms with Gasteiger partial charge in [0.15, 0.2) is 5.82 Å². The normalized spacial score (nSPS) is 20.3. The number of pyridine rings is 1. The average molecular weight is 355 g/mol. The Balaban J connectivity index is 1.42. The third-order valence-electron chi connectivity index (χ3n) is 5.48. The van der Waals surface area contributed by atoms with Crippen molar-refractivity contribution in [3.63, 3.8) is 0 Å². The quantitative estimate of drug-likeness (QED) is 0.821. The van der Waals surface area contributed by atoms with Crippen molar-refractivity contribution in [2.45, 2.75) is 51.8 Å². The monoisotopic (exact) mass is 355 g/mol. The van der Waals surface area contributed by atoms with Crippen LogP contribution in [0, 0.1) is 5.92 Å². The highest BCUT2D eigenvalue weighted by Crippen LogP contribution is 2.26. The van der Waals surface area contributed by atoms with Crippen LogP contribution < -0.4 is 0 Å². The van der Waals surface area contributed by atoms with E-state index in [2.05, 4.69) is 26.7 Å². The Bertz CT molecular complexity index is 757. The van der Waals surface area contributed by atoms with Gasteiger partial charge in [0, 0.05) is 50.1 Å². The predicted molar refractivity (Wildman–Crippen MR) is 95.5 cm³/mol. The van der Waals surface area contributed by atoms with Crippen LogP contribution >= 0.6 is 0 Å². The minimum absolute atomic E-state index is 0.0430. The smallest absolute Gasteiger partial charge is 0.254 e. The molecule has 1 unspecified atom stereocenters. The third kappa shape index (κ3) is 3.49. The fourth-order valence-corrected chi connectivity index (χ4v) is 3.63. The van der Waals surface area contributed by atoms with Crippen molar-refractivity contribution >= 4 is 5.91 Å². The number of nitrogens with zero attached hydrogens (tertiary/aromatic N) is 5. The largest absolute Gasteiger partial charge is 0.373 e. The van der Waals surface area contributed by atoms with E-state index in [4.69, 9.17) is 4.74 Å². The molecular weight excluding hydrogens is 330 g/mol. The molecule has 7 nitrogen and oxygen atoms in total. The summed E-state index contributed by atoms with van der Waals surface area (Å²) < 4.78 is 7.97. The van der Waals surface area contributed by atoms with Crippen LogP contribution in [0.1, 0.15) is 48.2 Å². The first-order chi connectivity index (χ1) is 12.7. The summed E-state index contributed by atoms with van der Waals surface area (Å²) in [7, 11) is 0. The zero-order chi connectivity index (χ0) is 17.9. The fraction of sp³-hybridized carbons (Fsp3) is 0.579. The van der Waals surface area contributed by atoms with Crippen molar-refractivity contribution < 1.29 is 9.53 Å². The van der Waals surface area contributed by atoms with E-state index >= 15 is 0 Å². The van der Waals surface area contributed by atoms with Gasteiger partial charge in [0.2, 0.25) is 0 Å². The average Bonchev–Trinajstić information content (AvgIpc) is 2.91. The maximum Gasteiger partial charge on any atom is 0.254 e. The Morgan fingerprint density at radius 2 is 2.04 bits per heavy atom. The molecule has 0 aromatic carbocycles. The van der Waals surface area contributed by atoms with E-state index in [1.807, 2.05) is 4.90 Å². The lowest BCUT2D eigenvalue weighted by Crippen LogP contribution is -2.40. The number of amides is 1. The molecule has 0 bridgehead atoms. The van der Waals surface area contributed by atoms with Gasteiger partial charge in [-0.2, -0.15) is 0 Å². The van der Waals surface area contributed by atoms with Crippen LogP contribution in [0.15, 0.2) is 24.5 Å². The first kappa shape index (κ1) is 17.1. The van der Waals surface area contributed by atoms with Gasteiger partial charge in [-0.25, -0.2) is 0 Å². The van der Waals surface area contributed by atoms with Gasteiger partial charge in [-0.3, -0.25) is 9.78 Å². The maximum absolute atomic E-state index is 12.8. The summed E-state index contributed by atoms with van der Waals surface area (Å²) in [6.07, 6.45) is 7.90. The van der Waals surface area contributed by atoms with E-state index in [1.54, 1.807) is 24.5 Å². The van der Waals surface area contributed by atoms with Crippen molar-refractivity contribution in [3.8, 4) is 0 Å². The minimum atomic E-state index is 0.0430. The van der Waals surface area contributed by atoms with Crippen LogP contribution in [0.4, 0.5) is 0 Å². The summed E-state index contributed by atoms with van der Waals surface area (Å²) in [5.74, 6) is 2.56. The van der Waals surface area contributed by atoms with Crippen molar-refractivity contribution in [1.82, 2.24) is 24.6 Å². The highest BCUT2D eigenvalue weighted by Gasteiger charge is 2.28. The van der Waals surface area contributed by atoms with Crippen LogP contribution in [0.25, 0.3) is 0 Å². The van der Waals surface area contributed by atoms with E-state index in [9.17, 15) is 4.79 Å². The van der Waals surface area contributed by atoms with Gasteiger partial charge in [-0.1, -0.05) is 6.42 Å². The first-order valence-electron chi connectivity index (χ1n) is 9.42. The lowest BCUT2D eigenvalue weighted by Gasteiger charge is -2.26. The number of rotatable bonds is 5. The molecule has 0 radical (unpaired) electrons. The molecule has 1 saturated carbocycles. The van der Waals surface area contributed by atoms with Gasteiger partial charge in [0.05, 0.1) is 0 Å².